The summed E-state index contributed by atoms with van der Waals surface area (Å²) in [6.07, 6.45) is 2.81. The molecule has 0 aromatic carbocycles. The Kier molecular flexibility index (Phi) is 4.66. The highest BCUT2D eigenvalue weighted by Crippen LogP contribution is 2.29. The average Bonchev–Trinajstić information content (AvgIpc) is 3.21. The van der Waals surface area contributed by atoms with Crippen LogP contribution < -0.4 is 10.6 Å². The number of halogens is 3. The van der Waals surface area contributed by atoms with Crippen molar-refractivity contribution in [3.05, 3.63) is 0 Å². The maximum atomic E-state index is 12.5. The normalized spacial score (nSPS) is 23.1. The van der Waals surface area contributed by atoms with Gasteiger partial charge < -0.3 is 10.6 Å². The predicted octanol–water partition coefficient (Wildman–Crippen LogP) is 0.628. The Hall–Kier alpha value is -1.03. The largest absolute Gasteiger partial charge is 0.511 e. The molecule has 0 unspecified atom stereocenters. The van der Waals surface area contributed by atoms with Gasteiger partial charge in [-0.3, -0.25) is 4.99 Å². The molecule has 0 aromatic heterocycles. The molecule has 0 atom stereocenters. The fourth-order valence-corrected chi connectivity index (χ4v) is 3.16. The van der Waals surface area contributed by atoms with Gasteiger partial charge in [0, 0.05) is 32.2 Å². The third-order valence-corrected chi connectivity index (χ3v) is 5.20. The molecule has 2 N–H and O–H groups in total. The molecular weight excluding hydrogens is 309 g/mol. The zero-order chi connectivity index (χ0) is 15.7. The van der Waals surface area contributed by atoms with Gasteiger partial charge in [-0.15, -0.1) is 0 Å². The second kappa shape index (κ2) is 5.99. The number of rotatable bonds is 3. The van der Waals surface area contributed by atoms with E-state index in [0.717, 1.165) is 12.8 Å². The summed E-state index contributed by atoms with van der Waals surface area (Å²) in [6.45, 7) is -0.278. The molecule has 0 amide bonds. The lowest BCUT2D eigenvalue weighted by atomic mass is 10.1. The van der Waals surface area contributed by atoms with E-state index in [2.05, 4.69) is 15.6 Å². The Labute approximate surface area is 121 Å². The molecule has 0 radical (unpaired) electrons. The van der Waals surface area contributed by atoms with Crippen molar-refractivity contribution in [1.82, 2.24) is 14.9 Å². The molecule has 0 bridgehead atoms. The Bertz CT molecular complexity index is 494. The minimum Gasteiger partial charge on any atom is -0.354 e. The van der Waals surface area contributed by atoms with Crippen LogP contribution in [0.15, 0.2) is 4.99 Å². The fourth-order valence-electron chi connectivity index (χ4n) is 2.17. The van der Waals surface area contributed by atoms with Gasteiger partial charge >= 0.3 is 15.5 Å². The monoisotopic (exact) mass is 328 g/mol. The lowest BCUT2D eigenvalue weighted by Gasteiger charge is -2.32. The molecule has 6 nitrogen and oxygen atoms in total. The molecular formula is C11H19F3N4O2S. The van der Waals surface area contributed by atoms with Crippen LogP contribution in [0.4, 0.5) is 13.2 Å². The highest BCUT2D eigenvalue weighted by atomic mass is 32.2. The first-order valence-electron chi connectivity index (χ1n) is 6.80. The average molecular weight is 328 g/mol. The van der Waals surface area contributed by atoms with E-state index < -0.39 is 15.5 Å². The van der Waals surface area contributed by atoms with Gasteiger partial charge in [0.15, 0.2) is 5.96 Å². The molecule has 0 spiro atoms. The number of guanidine groups is 1. The summed E-state index contributed by atoms with van der Waals surface area (Å²) < 4.78 is 60.5. The number of sulfonamides is 1. The van der Waals surface area contributed by atoms with Crippen molar-refractivity contribution in [2.75, 3.05) is 20.1 Å². The van der Waals surface area contributed by atoms with Crippen LogP contribution in [0.25, 0.3) is 0 Å². The molecule has 1 saturated heterocycles. The second-order valence-corrected chi connectivity index (χ2v) is 7.19. The molecule has 122 valence electrons. The van der Waals surface area contributed by atoms with E-state index in [4.69, 9.17) is 0 Å². The number of nitrogens with zero attached hydrogens (tertiary/aromatic N) is 2. The number of hydrogen-bond acceptors (Lipinski definition) is 3. The topological polar surface area (TPSA) is 73.8 Å². The van der Waals surface area contributed by atoms with Gasteiger partial charge in [0.2, 0.25) is 0 Å². The van der Waals surface area contributed by atoms with Crippen LogP contribution in [0.3, 0.4) is 0 Å². The van der Waals surface area contributed by atoms with Gasteiger partial charge in [0.25, 0.3) is 0 Å². The molecule has 1 aliphatic carbocycles. The lowest BCUT2D eigenvalue weighted by Crippen LogP contribution is -2.51. The lowest BCUT2D eigenvalue weighted by molar-refractivity contribution is -0.0494. The minimum absolute atomic E-state index is 0.0744. The number of nitrogens with one attached hydrogen (secondary N) is 2. The van der Waals surface area contributed by atoms with Gasteiger partial charge in [-0.2, -0.15) is 17.5 Å². The summed E-state index contributed by atoms with van der Waals surface area (Å²) in [5.41, 5.74) is -5.23. The molecule has 0 aromatic rings. The summed E-state index contributed by atoms with van der Waals surface area (Å²) >= 11 is 0. The molecule has 1 saturated carbocycles. The van der Waals surface area contributed by atoms with Gasteiger partial charge in [0.05, 0.1) is 0 Å². The standard InChI is InChI=1S/C11H19F3N4O2S/c1-15-10(16-8-2-3-8)17-9-4-6-18(7-5-9)21(19,20)11(12,13)14/h8-9H,2-7H2,1H3,(H2,15,16,17). The van der Waals surface area contributed by atoms with Crippen LogP contribution in [-0.4, -0.2) is 56.4 Å². The maximum Gasteiger partial charge on any atom is 0.511 e. The van der Waals surface area contributed by atoms with E-state index in [-0.39, 0.29) is 19.1 Å². The second-order valence-electron chi connectivity index (χ2n) is 5.26. The molecule has 2 fully saturated rings. The van der Waals surface area contributed by atoms with E-state index in [1.165, 1.54) is 0 Å². The number of hydrogen-bond donors (Lipinski definition) is 2. The van der Waals surface area contributed by atoms with Gasteiger partial charge in [-0.05, 0) is 25.7 Å². The van der Waals surface area contributed by atoms with E-state index in [1.54, 1.807) is 7.05 Å². The summed E-state index contributed by atoms with van der Waals surface area (Å²) in [6, 6.07) is 0.344. The van der Waals surface area contributed by atoms with Crippen LogP contribution in [-0.2, 0) is 10.0 Å². The SMILES string of the molecule is CN=C(NC1CC1)NC1CCN(S(=O)(=O)C(F)(F)F)CC1. The zero-order valence-corrected chi connectivity index (χ0v) is 12.5. The molecule has 2 aliphatic rings. The Balaban J connectivity index is 1.85. The van der Waals surface area contributed by atoms with E-state index in [0.29, 0.717) is 29.1 Å². The first-order chi connectivity index (χ1) is 9.74. The Morgan fingerprint density at radius 1 is 1.10 bits per heavy atom. The summed E-state index contributed by atoms with van der Waals surface area (Å²) in [4.78, 5) is 4.05. The van der Waals surface area contributed by atoms with Gasteiger partial charge in [-0.25, -0.2) is 8.42 Å². The highest BCUT2D eigenvalue weighted by Gasteiger charge is 2.50. The van der Waals surface area contributed by atoms with Crippen LogP contribution in [0.5, 0.6) is 0 Å². The zero-order valence-electron chi connectivity index (χ0n) is 11.7. The van der Waals surface area contributed by atoms with Gasteiger partial charge in [0.1, 0.15) is 0 Å². The Morgan fingerprint density at radius 2 is 1.57 bits per heavy atom. The third kappa shape index (κ3) is 4.00. The van der Waals surface area contributed by atoms with E-state index in [9.17, 15) is 21.6 Å². The van der Waals surface area contributed by atoms with Crippen LogP contribution in [0.1, 0.15) is 25.7 Å². The first kappa shape index (κ1) is 16.3. The van der Waals surface area contributed by atoms with E-state index in [1.807, 2.05) is 0 Å². The molecule has 21 heavy (non-hydrogen) atoms. The van der Waals surface area contributed by atoms with Crippen molar-refractivity contribution in [2.45, 2.75) is 43.3 Å². The fraction of sp³-hybridized carbons (Fsp3) is 0.909. The van der Waals surface area contributed by atoms with Crippen molar-refractivity contribution in [3.63, 3.8) is 0 Å². The first-order valence-corrected chi connectivity index (χ1v) is 8.24. The van der Waals surface area contributed by atoms with Crippen LogP contribution >= 0.6 is 0 Å². The number of aliphatic imine (C=N–C) groups is 1. The summed E-state index contributed by atoms with van der Waals surface area (Å²) in [5.74, 6) is 0.620. The molecule has 2 rings (SSSR count). The Morgan fingerprint density at radius 3 is 1.95 bits per heavy atom. The van der Waals surface area contributed by atoms with E-state index >= 15 is 0 Å². The van der Waals surface area contributed by atoms with Crippen molar-refractivity contribution < 1.29 is 21.6 Å². The predicted molar refractivity (Wildman–Crippen MR) is 72.2 cm³/mol. The highest BCUT2D eigenvalue weighted by molar-refractivity contribution is 7.90. The smallest absolute Gasteiger partial charge is 0.354 e. The molecule has 1 aliphatic heterocycles. The van der Waals surface area contributed by atoms with Crippen LogP contribution in [0, 0.1) is 0 Å². The maximum absolute atomic E-state index is 12.5. The third-order valence-electron chi connectivity index (χ3n) is 3.57. The minimum atomic E-state index is -5.23. The molecule has 1 heterocycles. The van der Waals surface area contributed by atoms with Crippen molar-refractivity contribution in [3.8, 4) is 0 Å². The van der Waals surface area contributed by atoms with Crippen LogP contribution in [0.2, 0.25) is 0 Å². The quantitative estimate of drug-likeness (QED) is 0.589. The summed E-state index contributed by atoms with van der Waals surface area (Å²) in [5, 5.41) is 6.30. The van der Waals surface area contributed by atoms with Gasteiger partial charge in [-0.1, -0.05) is 0 Å². The van der Waals surface area contributed by atoms with Crippen molar-refractivity contribution in [2.24, 2.45) is 4.99 Å². The van der Waals surface area contributed by atoms with Crippen molar-refractivity contribution >= 4 is 16.0 Å². The number of piperidine rings is 1. The van der Waals surface area contributed by atoms with Crippen molar-refractivity contribution in [1.29, 1.82) is 0 Å². The number of alkyl halides is 3. The molecule has 10 heteroatoms. The summed E-state index contributed by atoms with van der Waals surface area (Å²) in [7, 11) is -3.58.